The minimum atomic E-state index is -2.32. The number of rotatable bonds is 3. The lowest BCUT2D eigenvalue weighted by Gasteiger charge is -2.19. The summed E-state index contributed by atoms with van der Waals surface area (Å²) in [6.07, 6.45) is 0.0678. The first kappa shape index (κ1) is 10.2. The molecule has 0 rings (SSSR count). The number of hydrogen-bond acceptors (Lipinski definition) is 2. The Labute approximate surface area is 63.4 Å². The van der Waals surface area contributed by atoms with E-state index in [9.17, 15) is 4.57 Å². The van der Waals surface area contributed by atoms with Gasteiger partial charge in [0.25, 0.3) is 0 Å². The molecule has 2 nitrogen and oxygen atoms in total. The summed E-state index contributed by atoms with van der Waals surface area (Å²) in [5, 5.41) is 0. The lowest BCUT2D eigenvalue weighted by Crippen LogP contribution is -2.06. The normalized spacial score (nSPS) is 17.9. The van der Waals surface area contributed by atoms with Crippen LogP contribution < -0.4 is 0 Å². The lowest BCUT2D eigenvalue weighted by molar-refractivity contribution is 0.243. The predicted molar refractivity (Wildman–Crippen MR) is 44.9 cm³/mol. The highest BCUT2D eigenvalue weighted by Gasteiger charge is 2.21. The molecule has 0 aromatic carbocycles. The van der Waals surface area contributed by atoms with Gasteiger partial charge in [0.05, 0.1) is 6.10 Å². The van der Waals surface area contributed by atoms with Crippen LogP contribution >= 0.6 is 7.37 Å². The summed E-state index contributed by atoms with van der Waals surface area (Å²) in [6.45, 7) is 9.33. The van der Waals surface area contributed by atoms with Gasteiger partial charge in [-0.1, -0.05) is 13.8 Å². The Morgan fingerprint density at radius 1 is 1.20 bits per heavy atom. The van der Waals surface area contributed by atoms with E-state index in [1.807, 2.05) is 27.7 Å². The number of hydrogen-bond donors (Lipinski definition) is 0. The second kappa shape index (κ2) is 3.54. The standard InChI is InChI=1S/C7H17O2P/c1-6(2)9-10(5,8)7(3)4/h6-7H,1-5H3/t10-/m1/s1. The van der Waals surface area contributed by atoms with E-state index in [4.69, 9.17) is 4.52 Å². The fourth-order valence-corrected chi connectivity index (χ4v) is 1.62. The van der Waals surface area contributed by atoms with Crippen LogP contribution in [0.2, 0.25) is 0 Å². The van der Waals surface area contributed by atoms with Gasteiger partial charge in [-0.15, -0.1) is 0 Å². The molecule has 0 fully saturated rings. The second-order valence-corrected chi connectivity index (χ2v) is 6.22. The molecule has 0 aromatic rings. The molecule has 0 saturated heterocycles. The van der Waals surface area contributed by atoms with Crippen LogP contribution in [0, 0.1) is 0 Å². The van der Waals surface area contributed by atoms with Gasteiger partial charge >= 0.3 is 0 Å². The summed E-state index contributed by atoms with van der Waals surface area (Å²) < 4.78 is 16.8. The van der Waals surface area contributed by atoms with Gasteiger partial charge in [0.15, 0.2) is 0 Å². The van der Waals surface area contributed by atoms with E-state index in [-0.39, 0.29) is 11.8 Å². The Kier molecular flexibility index (Phi) is 3.61. The Hall–Kier alpha value is 0.190. The van der Waals surface area contributed by atoms with E-state index >= 15 is 0 Å². The van der Waals surface area contributed by atoms with Gasteiger partial charge in [-0.25, -0.2) is 0 Å². The fourth-order valence-electron chi connectivity index (χ4n) is 0.540. The summed E-state index contributed by atoms with van der Waals surface area (Å²) in [7, 11) is -2.32. The van der Waals surface area contributed by atoms with E-state index in [2.05, 4.69) is 0 Å². The molecule has 0 aromatic heterocycles. The Balaban J connectivity index is 4.01. The van der Waals surface area contributed by atoms with Crippen LogP contribution in [0.5, 0.6) is 0 Å². The van der Waals surface area contributed by atoms with Gasteiger partial charge in [0.2, 0.25) is 7.37 Å². The molecule has 10 heavy (non-hydrogen) atoms. The van der Waals surface area contributed by atoms with Crippen molar-refractivity contribution in [1.82, 2.24) is 0 Å². The van der Waals surface area contributed by atoms with Crippen molar-refractivity contribution in [3.05, 3.63) is 0 Å². The SMILES string of the molecule is CC(C)O[P@@](C)(=O)C(C)C. The maximum Gasteiger partial charge on any atom is 0.202 e. The van der Waals surface area contributed by atoms with Gasteiger partial charge in [-0.3, -0.25) is 4.57 Å². The summed E-state index contributed by atoms with van der Waals surface area (Å²) >= 11 is 0. The van der Waals surface area contributed by atoms with Gasteiger partial charge in [-0.05, 0) is 13.8 Å². The minimum Gasteiger partial charge on any atom is -0.326 e. The molecule has 0 amide bonds. The smallest absolute Gasteiger partial charge is 0.202 e. The van der Waals surface area contributed by atoms with Crippen molar-refractivity contribution in [3.63, 3.8) is 0 Å². The molecule has 0 N–H and O–H groups in total. The average molecular weight is 164 g/mol. The molecule has 62 valence electrons. The molecule has 0 aliphatic carbocycles. The molecule has 3 heteroatoms. The Morgan fingerprint density at radius 3 is 1.70 bits per heavy atom. The summed E-state index contributed by atoms with van der Waals surface area (Å²) in [5.41, 5.74) is 0.134. The summed E-state index contributed by atoms with van der Waals surface area (Å²) in [6, 6.07) is 0. The highest BCUT2D eigenvalue weighted by Crippen LogP contribution is 2.48. The Bertz CT molecular complexity index is 141. The van der Waals surface area contributed by atoms with Gasteiger partial charge in [0, 0.05) is 12.3 Å². The molecule has 0 bridgehead atoms. The first-order valence-electron chi connectivity index (χ1n) is 3.62. The average Bonchev–Trinajstić information content (AvgIpc) is 1.60. The zero-order valence-electron chi connectivity index (χ0n) is 7.42. The van der Waals surface area contributed by atoms with E-state index in [1.165, 1.54) is 0 Å². The van der Waals surface area contributed by atoms with E-state index in [0.717, 1.165) is 0 Å². The zero-order chi connectivity index (χ0) is 8.36. The van der Waals surface area contributed by atoms with Crippen LogP contribution in [0.15, 0.2) is 0 Å². The largest absolute Gasteiger partial charge is 0.326 e. The molecular weight excluding hydrogens is 147 g/mol. The third-order valence-electron chi connectivity index (χ3n) is 1.36. The van der Waals surface area contributed by atoms with Crippen molar-refractivity contribution >= 4 is 7.37 Å². The van der Waals surface area contributed by atoms with Gasteiger partial charge in [-0.2, -0.15) is 0 Å². The maximum absolute atomic E-state index is 11.5. The highest BCUT2D eigenvalue weighted by atomic mass is 31.2. The molecular formula is C7H17O2P. The van der Waals surface area contributed by atoms with Crippen LogP contribution in [-0.2, 0) is 9.09 Å². The predicted octanol–water partition coefficient (Wildman–Crippen LogP) is 2.73. The quantitative estimate of drug-likeness (QED) is 0.599. The first-order chi connectivity index (χ1) is 4.36. The highest BCUT2D eigenvalue weighted by molar-refractivity contribution is 7.58. The van der Waals surface area contributed by atoms with Crippen molar-refractivity contribution in [2.75, 3.05) is 6.66 Å². The molecule has 0 aliphatic heterocycles. The first-order valence-corrected chi connectivity index (χ1v) is 5.76. The van der Waals surface area contributed by atoms with Crippen LogP contribution in [0.4, 0.5) is 0 Å². The zero-order valence-corrected chi connectivity index (χ0v) is 8.31. The molecule has 0 heterocycles. The molecule has 0 saturated carbocycles. The minimum absolute atomic E-state index is 0.0678. The van der Waals surface area contributed by atoms with Crippen LogP contribution in [0.25, 0.3) is 0 Å². The molecule has 1 atom stereocenters. The van der Waals surface area contributed by atoms with Crippen molar-refractivity contribution < 1.29 is 9.09 Å². The van der Waals surface area contributed by atoms with Crippen molar-refractivity contribution in [1.29, 1.82) is 0 Å². The fraction of sp³-hybridized carbons (Fsp3) is 1.00. The molecule has 0 spiro atoms. The van der Waals surface area contributed by atoms with E-state index < -0.39 is 7.37 Å². The molecule has 0 aliphatic rings. The van der Waals surface area contributed by atoms with Crippen LogP contribution in [0.1, 0.15) is 27.7 Å². The summed E-state index contributed by atoms with van der Waals surface area (Å²) in [5.74, 6) is 0. The molecule has 0 unspecified atom stereocenters. The van der Waals surface area contributed by atoms with Crippen molar-refractivity contribution in [3.8, 4) is 0 Å². The van der Waals surface area contributed by atoms with Gasteiger partial charge < -0.3 is 4.52 Å². The third kappa shape index (κ3) is 3.38. The van der Waals surface area contributed by atoms with Crippen molar-refractivity contribution in [2.45, 2.75) is 39.5 Å². The monoisotopic (exact) mass is 164 g/mol. The maximum atomic E-state index is 11.5. The summed E-state index contributed by atoms with van der Waals surface area (Å²) in [4.78, 5) is 0. The van der Waals surface area contributed by atoms with Crippen LogP contribution in [0.3, 0.4) is 0 Å². The van der Waals surface area contributed by atoms with E-state index in [1.54, 1.807) is 6.66 Å². The third-order valence-corrected chi connectivity index (χ3v) is 4.07. The van der Waals surface area contributed by atoms with E-state index in [0.29, 0.717) is 0 Å². The van der Waals surface area contributed by atoms with Crippen molar-refractivity contribution in [2.24, 2.45) is 0 Å². The molecule has 0 radical (unpaired) electrons. The van der Waals surface area contributed by atoms with Crippen LogP contribution in [-0.4, -0.2) is 18.4 Å². The lowest BCUT2D eigenvalue weighted by atomic mass is 10.5. The van der Waals surface area contributed by atoms with Gasteiger partial charge in [0.1, 0.15) is 0 Å². The second-order valence-electron chi connectivity index (χ2n) is 3.16. The Morgan fingerprint density at radius 2 is 1.60 bits per heavy atom. The topological polar surface area (TPSA) is 26.3 Å².